The predicted octanol–water partition coefficient (Wildman–Crippen LogP) is 5.40. The molecule has 4 aromatic rings. The van der Waals surface area contributed by atoms with Crippen molar-refractivity contribution in [1.29, 1.82) is 0 Å². The number of esters is 1. The molecule has 1 aliphatic heterocycles. The molecule has 0 amide bonds. The van der Waals surface area contributed by atoms with Crippen LogP contribution in [0.1, 0.15) is 38.1 Å². The monoisotopic (exact) mass is 625 g/mol. The number of carbonyl (C=O) groups is 1. The standard InChI is InChI=1S/C29H25BrClN3O4S/c1-16(2)38-28(36)25-17(3)32-29-34(26(25)22-14-18(30)7-12-23(22)37-4)27(35)24(39-29)15-21-6-5-13-33(21)20-10-8-19(31)9-11-20/h5-16,26H,1-4H3/b24-15-/t26-/m1/s1. The lowest BCUT2D eigenvalue weighted by atomic mass is 9.95. The van der Waals surface area contributed by atoms with Gasteiger partial charge in [-0.2, -0.15) is 0 Å². The molecule has 0 bridgehead atoms. The van der Waals surface area contributed by atoms with Gasteiger partial charge in [-0.05, 0) is 81.4 Å². The number of nitrogens with zero attached hydrogens (tertiary/aromatic N) is 3. The number of fused-ring (bicyclic) bond motifs is 1. The first kappa shape index (κ1) is 27.2. The summed E-state index contributed by atoms with van der Waals surface area (Å²) in [7, 11) is 1.56. The number of thiazole rings is 1. The lowest BCUT2D eigenvalue weighted by Gasteiger charge is -2.26. The second-order valence-corrected chi connectivity index (χ2v) is 11.6. The van der Waals surface area contributed by atoms with Crippen molar-refractivity contribution in [3.63, 3.8) is 0 Å². The fraction of sp³-hybridized carbons (Fsp3) is 0.207. The highest BCUT2D eigenvalue weighted by atomic mass is 79.9. The summed E-state index contributed by atoms with van der Waals surface area (Å²) in [5.41, 5.74) is 2.89. The summed E-state index contributed by atoms with van der Waals surface area (Å²) in [4.78, 5) is 32.6. The molecule has 7 nitrogen and oxygen atoms in total. The molecular formula is C29H25BrClN3O4S. The molecule has 2 aromatic heterocycles. The van der Waals surface area contributed by atoms with Gasteiger partial charge in [0.05, 0.1) is 29.0 Å². The summed E-state index contributed by atoms with van der Waals surface area (Å²) in [5, 5.41) is 0.644. The van der Waals surface area contributed by atoms with Gasteiger partial charge in [0.25, 0.3) is 5.56 Å². The van der Waals surface area contributed by atoms with Crippen LogP contribution in [0.5, 0.6) is 5.75 Å². The average molecular weight is 627 g/mol. The number of ether oxygens (including phenoxy) is 2. The van der Waals surface area contributed by atoms with Gasteiger partial charge in [0.15, 0.2) is 4.80 Å². The van der Waals surface area contributed by atoms with Gasteiger partial charge in [-0.1, -0.05) is 38.9 Å². The smallest absolute Gasteiger partial charge is 0.338 e. The summed E-state index contributed by atoms with van der Waals surface area (Å²) in [6.07, 6.45) is 3.41. The topological polar surface area (TPSA) is 74.8 Å². The number of allylic oxidation sites excluding steroid dienone is 1. The number of rotatable bonds is 6. The van der Waals surface area contributed by atoms with E-state index in [1.54, 1.807) is 38.5 Å². The number of aromatic nitrogens is 2. The van der Waals surface area contributed by atoms with Crippen molar-refractivity contribution in [3.8, 4) is 11.4 Å². The Bertz CT molecular complexity index is 1780. The van der Waals surface area contributed by atoms with Gasteiger partial charge in [-0.15, -0.1) is 0 Å². The third kappa shape index (κ3) is 5.26. The Hall–Kier alpha value is -3.40. The quantitative estimate of drug-likeness (QED) is 0.269. The third-order valence-corrected chi connectivity index (χ3v) is 7.96. The Morgan fingerprint density at radius 2 is 1.92 bits per heavy atom. The van der Waals surface area contributed by atoms with Gasteiger partial charge < -0.3 is 14.0 Å². The highest BCUT2D eigenvalue weighted by molar-refractivity contribution is 9.10. The Balaban J connectivity index is 1.73. The van der Waals surface area contributed by atoms with Crippen molar-refractivity contribution in [3.05, 3.63) is 113 Å². The van der Waals surface area contributed by atoms with Crippen LogP contribution < -0.4 is 19.6 Å². The Morgan fingerprint density at radius 3 is 2.62 bits per heavy atom. The lowest BCUT2D eigenvalue weighted by Crippen LogP contribution is -2.40. The molecule has 1 atom stereocenters. The van der Waals surface area contributed by atoms with E-state index in [0.717, 1.165) is 15.9 Å². The van der Waals surface area contributed by atoms with Gasteiger partial charge in [0.1, 0.15) is 11.8 Å². The Morgan fingerprint density at radius 1 is 1.18 bits per heavy atom. The molecule has 0 spiro atoms. The first-order valence-electron chi connectivity index (χ1n) is 12.2. The van der Waals surface area contributed by atoms with Crippen molar-refractivity contribution in [1.82, 2.24) is 9.13 Å². The fourth-order valence-electron chi connectivity index (χ4n) is 4.56. The van der Waals surface area contributed by atoms with Crippen molar-refractivity contribution in [2.24, 2.45) is 4.99 Å². The molecule has 0 fully saturated rings. The molecule has 0 saturated carbocycles. The van der Waals surface area contributed by atoms with Gasteiger partial charge >= 0.3 is 5.97 Å². The van der Waals surface area contributed by atoms with Crippen LogP contribution in [-0.2, 0) is 9.53 Å². The third-order valence-electron chi connectivity index (χ3n) is 6.23. The van der Waals surface area contributed by atoms with Crippen LogP contribution in [0.25, 0.3) is 11.8 Å². The number of methoxy groups -OCH3 is 1. The molecule has 0 radical (unpaired) electrons. The highest BCUT2D eigenvalue weighted by Gasteiger charge is 2.35. The molecule has 0 N–H and O–H groups in total. The van der Waals surface area contributed by atoms with Crippen molar-refractivity contribution in [2.75, 3.05) is 7.11 Å². The van der Waals surface area contributed by atoms with Crippen molar-refractivity contribution in [2.45, 2.75) is 32.9 Å². The molecular weight excluding hydrogens is 602 g/mol. The second kappa shape index (κ2) is 11.0. The molecule has 0 saturated heterocycles. The molecule has 3 heterocycles. The van der Waals surface area contributed by atoms with Gasteiger partial charge in [0.2, 0.25) is 0 Å². The maximum atomic E-state index is 14.0. The van der Waals surface area contributed by atoms with Gasteiger partial charge in [-0.3, -0.25) is 9.36 Å². The van der Waals surface area contributed by atoms with Crippen LogP contribution >= 0.6 is 38.9 Å². The summed E-state index contributed by atoms with van der Waals surface area (Å²) in [6, 6.07) is 16.0. The zero-order valence-corrected chi connectivity index (χ0v) is 24.8. The fourth-order valence-corrected chi connectivity index (χ4v) is 6.09. The maximum absolute atomic E-state index is 14.0. The zero-order valence-electron chi connectivity index (χ0n) is 21.6. The molecule has 10 heteroatoms. The number of halogens is 2. The minimum atomic E-state index is -0.787. The number of benzene rings is 2. The van der Waals surface area contributed by atoms with E-state index in [1.165, 1.54) is 11.3 Å². The second-order valence-electron chi connectivity index (χ2n) is 9.20. The lowest BCUT2D eigenvalue weighted by molar-refractivity contribution is -0.143. The SMILES string of the molecule is COc1ccc(Br)cc1[C@@H]1C(C(=O)OC(C)C)=C(C)N=c2s/c(=C\c3cccn3-c3ccc(Cl)cc3)c(=O)n21. The summed E-state index contributed by atoms with van der Waals surface area (Å²) in [6.45, 7) is 5.33. The van der Waals surface area contributed by atoms with Crippen molar-refractivity contribution >= 4 is 50.9 Å². The average Bonchev–Trinajstić information content (AvgIpc) is 3.47. The van der Waals surface area contributed by atoms with Crippen LogP contribution in [0.15, 0.2) is 86.3 Å². The van der Waals surface area contributed by atoms with Gasteiger partial charge in [-0.25, -0.2) is 9.79 Å². The summed E-state index contributed by atoms with van der Waals surface area (Å²) in [5.74, 6) is 0.0168. The van der Waals surface area contributed by atoms with E-state index in [1.807, 2.05) is 65.4 Å². The van der Waals surface area contributed by atoms with Crippen LogP contribution in [0.2, 0.25) is 5.02 Å². The minimum Gasteiger partial charge on any atom is -0.496 e. The Kier molecular flexibility index (Phi) is 7.66. The van der Waals surface area contributed by atoms with E-state index in [9.17, 15) is 9.59 Å². The molecule has 1 aliphatic rings. The van der Waals surface area contributed by atoms with Crippen LogP contribution in [0, 0.1) is 0 Å². The molecule has 5 rings (SSSR count). The molecule has 0 aliphatic carbocycles. The number of hydrogen-bond donors (Lipinski definition) is 0. The maximum Gasteiger partial charge on any atom is 0.338 e. The van der Waals surface area contributed by atoms with Crippen LogP contribution in [0.3, 0.4) is 0 Å². The first-order valence-corrected chi connectivity index (χ1v) is 14.2. The molecule has 0 unspecified atom stereocenters. The van der Waals surface area contributed by atoms with E-state index in [-0.39, 0.29) is 11.7 Å². The predicted molar refractivity (Wildman–Crippen MR) is 156 cm³/mol. The van der Waals surface area contributed by atoms with Gasteiger partial charge in [0, 0.05) is 32.6 Å². The first-order chi connectivity index (χ1) is 18.7. The molecule has 2 aromatic carbocycles. The molecule has 200 valence electrons. The number of carbonyl (C=O) groups excluding carboxylic acids is 1. The molecule has 39 heavy (non-hydrogen) atoms. The van der Waals surface area contributed by atoms with E-state index < -0.39 is 12.0 Å². The van der Waals surface area contributed by atoms with E-state index in [0.29, 0.717) is 36.9 Å². The number of hydrogen-bond acceptors (Lipinski definition) is 6. The van der Waals surface area contributed by atoms with Crippen LogP contribution in [-0.4, -0.2) is 28.3 Å². The Labute approximate surface area is 242 Å². The van der Waals surface area contributed by atoms with E-state index >= 15 is 0 Å². The minimum absolute atomic E-state index is 0.267. The highest BCUT2D eigenvalue weighted by Crippen LogP contribution is 2.37. The largest absolute Gasteiger partial charge is 0.496 e. The zero-order chi connectivity index (χ0) is 27.8. The van der Waals surface area contributed by atoms with E-state index in [2.05, 4.69) is 20.9 Å². The summed E-state index contributed by atoms with van der Waals surface area (Å²) < 4.78 is 16.0. The van der Waals surface area contributed by atoms with Crippen molar-refractivity contribution < 1.29 is 14.3 Å². The summed E-state index contributed by atoms with van der Waals surface area (Å²) >= 11 is 10.9. The normalized spacial score (nSPS) is 15.4. The van der Waals surface area contributed by atoms with Crippen LogP contribution in [0.4, 0.5) is 0 Å². The van der Waals surface area contributed by atoms with E-state index in [4.69, 9.17) is 21.1 Å².